The van der Waals surface area contributed by atoms with Crippen molar-refractivity contribution < 1.29 is 19.4 Å². The van der Waals surface area contributed by atoms with Crippen LogP contribution in [0.2, 0.25) is 0 Å². The molecule has 3 heterocycles. The molecule has 1 amide bonds. The number of hydrogen-bond acceptors (Lipinski definition) is 4. The SMILES string of the molecule is O=C(O)C1C2CCC(O2)C1C(=O)N1CCNCC1. The van der Waals surface area contributed by atoms with Crippen molar-refractivity contribution in [1.29, 1.82) is 0 Å². The van der Waals surface area contributed by atoms with Gasteiger partial charge in [0.2, 0.25) is 5.91 Å². The normalized spacial score (nSPS) is 39.0. The second kappa shape index (κ2) is 4.51. The van der Waals surface area contributed by atoms with Crippen LogP contribution in [-0.4, -0.2) is 60.3 Å². The fourth-order valence-electron chi connectivity index (χ4n) is 3.40. The van der Waals surface area contributed by atoms with Crippen molar-refractivity contribution in [2.45, 2.75) is 25.0 Å². The topological polar surface area (TPSA) is 78.9 Å². The van der Waals surface area contributed by atoms with Gasteiger partial charge in [0.15, 0.2) is 0 Å². The van der Waals surface area contributed by atoms with E-state index >= 15 is 0 Å². The van der Waals surface area contributed by atoms with Crippen molar-refractivity contribution >= 4 is 11.9 Å². The third kappa shape index (κ3) is 1.80. The molecule has 0 spiro atoms. The summed E-state index contributed by atoms with van der Waals surface area (Å²) in [5.41, 5.74) is 0. The number of ether oxygens (including phenoxy) is 1. The number of aliphatic carboxylic acids is 1. The Morgan fingerprint density at radius 3 is 2.33 bits per heavy atom. The minimum Gasteiger partial charge on any atom is -0.481 e. The van der Waals surface area contributed by atoms with Gasteiger partial charge in [-0.1, -0.05) is 0 Å². The van der Waals surface area contributed by atoms with Gasteiger partial charge in [-0.2, -0.15) is 0 Å². The third-order valence-corrected chi connectivity index (χ3v) is 4.27. The van der Waals surface area contributed by atoms with Gasteiger partial charge >= 0.3 is 5.97 Å². The average Bonchev–Trinajstić information content (AvgIpc) is 2.99. The number of carbonyl (C=O) groups is 2. The highest BCUT2D eigenvalue weighted by Gasteiger charge is 2.56. The Hall–Kier alpha value is -1.14. The van der Waals surface area contributed by atoms with Gasteiger partial charge in [0.05, 0.1) is 24.0 Å². The number of fused-ring (bicyclic) bond motifs is 2. The maximum Gasteiger partial charge on any atom is 0.310 e. The monoisotopic (exact) mass is 254 g/mol. The molecule has 6 heteroatoms. The van der Waals surface area contributed by atoms with Crippen LogP contribution in [-0.2, 0) is 14.3 Å². The van der Waals surface area contributed by atoms with Crippen molar-refractivity contribution in [1.82, 2.24) is 10.2 Å². The second-order valence-corrected chi connectivity index (χ2v) is 5.26. The zero-order chi connectivity index (χ0) is 12.7. The number of rotatable bonds is 2. The summed E-state index contributed by atoms with van der Waals surface area (Å²) in [6.45, 7) is 2.90. The lowest BCUT2D eigenvalue weighted by atomic mass is 9.78. The molecule has 0 aromatic carbocycles. The molecule has 3 aliphatic heterocycles. The molecular weight excluding hydrogens is 236 g/mol. The minimum atomic E-state index is -0.893. The van der Waals surface area contributed by atoms with Gasteiger partial charge in [-0.25, -0.2) is 0 Å². The average molecular weight is 254 g/mol. The first-order valence-corrected chi connectivity index (χ1v) is 6.56. The summed E-state index contributed by atoms with van der Waals surface area (Å²) in [5, 5.41) is 12.5. The van der Waals surface area contributed by atoms with E-state index in [1.165, 1.54) is 0 Å². The number of amides is 1. The maximum atomic E-state index is 12.5. The van der Waals surface area contributed by atoms with Crippen LogP contribution in [0.1, 0.15) is 12.8 Å². The summed E-state index contributed by atoms with van der Waals surface area (Å²) < 4.78 is 5.63. The van der Waals surface area contributed by atoms with Crippen LogP contribution >= 0.6 is 0 Å². The highest BCUT2D eigenvalue weighted by atomic mass is 16.5. The van der Waals surface area contributed by atoms with Crippen LogP contribution < -0.4 is 5.32 Å². The van der Waals surface area contributed by atoms with Crippen molar-refractivity contribution in [3.8, 4) is 0 Å². The van der Waals surface area contributed by atoms with E-state index in [9.17, 15) is 14.7 Å². The highest BCUT2D eigenvalue weighted by Crippen LogP contribution is 2.44. The smallest absolute Gasteiger partial charge is 0.310 e. The molecule has 4 atom stereocenters. The minimum absolute atomic E-state index is 0.0314. The molecule has 3 aliphatic rings. The van der Waals surface area contributed by atoms with E-state index in [2.05, 4.69) is 5.32 Å². The quantitative estimate of drug-likeness (QED) is 0.681. The highest BCUT2D eigenvalue weighted by molar-refractivity contribution is 5.86. The molecule has 3 saturated heterocycles. The van der Waals surface area contributed by atoms with E-state index in [0.29, 0.717) is 13.1 Å². The summed E-state index contributed by atoms with van der Waals surface area (Å²) in [6, 6.07) is 0. The first-order chi connectivity index (χ1) is 8.68. The van der Waals surface area contributed by atoms with E-state index < -0.39 is 17.8 Å². The van der Waals surface area contributed by atoms with Crippen molar-refractivity contribution in [3.63, 3.8) is 0 Å². The Labute approximate surface area is 105 Å². The summed E-state index contributed by atoms with van der Waals surface area (Å²) in [4.78, 5) is 25.6. The predicted octanol–water partition coefficient (Wildman–Crippen LogP) is -0.704. The van der Waals surface area contributed by atoms with Gasteiger partial charge in [0.25, 0.3) is 0 Å². The number of nitrogens with zero attached hydrogens (tertiary/aromatic N) is 1. The molecule has 3 rings (SSSR count). The Morgan fingerprint density at radius 1 is 1.11 bits per heavy atom. The van der Waals surface area contributed by atoms with Crippen LogP contribution in [0.3, 0.4) is 0 Å². The first-order valence-electron chi connectivity index (χ1n) is 6.56. The molecule has 0 aliphatic carbocycles. The van der Waals surface area contributed by atoms with Gasteiger partial charge in [-0.3, -0.25) is 9.59 Å². The molecule has 6 nitrogen and oxygen atoms in total. The van der Waals surface area contributed by atoms with Crippen LogP contribution in [0.25, 0.3) is 0 Å². The largest absolute Gasteiger partial charge is 0.481 e. The summed E-state index contributed by atoms with van der Waals surface area (Å²) >= 11 is 0. The van der Waals surface area contributed by atoms with E-state index in [0.717, 1.165) is 25.9 Å². The van der Waals surface area contributed by atoms with Crippen molar-refractivity contribution in [3.05, 3.63) is 0 Å². The first kappa shape index (κ1) is 11.9. The van der Waals surface area contributed by atoms with E-state index in [4.69, 9.17) is 4.74 Å². The molecule has 0 aromatic rings. The summed E-state index contributed by atoms with van der Waals surface area (Å²) in [5.74, 6) is -2.04. The van der Waals surface area contributed by atoms with Gasteiger partial charge in [0.1, 0.15) is 0 Å². The van der Waals surface area contributed by atoms with Gasteiger partial charge in [-0.05, 0) is 12.8 Å². The summed E-state index contributed by atoms with van der Waals surface area (Å²) in [6.07, 6.45) is 1.15. The molecule has 18 heavy (non-hydrogen) atoms. The second-order valence-electron chi connectivity index (χ2n) is 5.26. The number of carboxylic acids is 1. The molecule has 0 saturated carbocycles. The van der Waals surface area contributed by atoms with Crippen LogP contribution in [0.4, 0.5) is 0 Å². The third-order valence-electron chi connectivity index (χ3n) is 4.27. The number of hydrogen-bond donors (Lipinski definition) is 2. The standard InChI is InChI=1S/C12H18N2O4/c15-11(14-5-3-13-4-6-14)9-7-1-2-8(18-7)10(9)12(16)17/h7-10,13H,1-6H2,(H,16,17). The Morgan fingerprint density at radius 2 is 1.72 bits per heavy atom. The van der Waals surface area contributed by atoms with Gasteiger partial charge in [0, 0.05) is 26.2 Å². The summed E-state index contributed by atoms with van der Waals surface area (Å²) in [7, 11) is 0. The van der Waals surface area contributed by atoms with Crippen molar-refractivity contribution in [2.75, 3.05) is 26.2 Å². The molecule has 2 N–H and O–H groups in total. The fraction of sp³-hybridized carbons (Fsp3) is 0.833. The number of carbonyl (C=O) groups excluding carboxylic acids is 1. The van der Waals surface area contributed by atoms with Crippen LogP contribution in [0.15, 0.2) is 0 Å². The lowest BCUT2D eigenvalue weighted by Gasteiger charge is -2.33. The lowest BCUT2D eigenvalue weighted by Crippen LogP contribution is -2.52. The molecule has 3 fully saturated rings. The molecule has 2 bridgehead atoms. The molecule has 100 valence electrons. The van der Waals surface area contributed by atoms with Gasteiger partial charge in [-0.15, -0.1) is 0 Å². The Balaban J connectivity index is 1.77. The van der Waals surface area contributed by atoms with Gasteiger partial charge < -0.3 is 20.1 Å². The Bertz CT molecular complexity index is 367. The maximum absolute atomic E-state index is 12.5. The molecular formula is C12H18N2O4. The molecule has 0 aromatic heterocycles. The molecule has 4 unspecified atom stereocenters. The van der Waals surface area contributed by atoms with Crippen molar-refractivity contribution in [2.24, 2.45) is 11.8 Å². The fourth-order valence-corrected chi connectivity index (χ4v) is 3.40. The number of nitrogens with one attached hydrogen (secondary N) is 1. The zero-order valence-electron chi connectivity index (χ0n) is 10.2. The lowest BCUT2D eigenvalue weighted by molar-refractivity contribution is -0.151. The zero-order valence-corrected chi connectivity index (χ0v) is 10.2. The van der Waals surface area contributed by atoms with Crippen LogP contribution in [0.5, 0.6) is 0 Å². The predicted molar refractivity (Wildman–Crippen MR) is 62.0 cm³/mol. The van der Waals surface area contributed by atoms with E-state index in [1.807, 2.05) is 0 Å². The molecule has 0 radical (unpaired) electrons. The number of carboxylic acid groups (broad SMARTS) is 1. The van der Waals surface area contributed by atoms with Crippen LogP contribution in [0, 0.1) is 11.8 Å². The number of piperazine rings is 1. The van der Waals surface area contributed by atoms with E-state index in [1.54, 1.807) is 4.90 Å². The Kier molecular flexibility index (Phi) is 2.99. The van der Waals surface area contributed by atoms with E-state index in [-0.39, 0.29) is 18.1 Å².